The Hall–Kier alpha value is -4.49. The minimum absolute atomic E-state index is 0.0733. The molecule has 3 N–H and O–H groups in total. The molecule has 4 atom stereocenters. The Kier molecular flexibility index (Phi) is 12.7. The zero-order valence-corrected chi connectivity index (χ0v) is 30.4. The molecule has 0 unspecified atom stereocenters. The molecule has 4 aromatic rings. The molecule has 51 heavy (non-hydrogen) atoms. The molecule has 0 saturated carbocycles. The smallest absolute Gasteiger partial charge is 0.323 e. The van der Waals surface area contributed by atoms with Crippen LogP contribution in [0.3, 0.4) is 0 Å². The fraction of sp³-hybridized carbons (Fsp3) is 0.385. The number of nitrogens with one attached hydrogen (secondary N) is 2. The summed E-state index contributed by atoms with van der Waals surface area (Å²) in [4.78, 5) is 29.4. The van der Waals surface area contributed by atoms with E-state index in [1.54, 1.807) is 60.4 Å². The normalized spacial score (nSPS) is 19.8. The lowest BCUT2D eigenvalue weighted by Gasteiger charge is -2.35. The van der Waals surface area contributed by atoms with Crippen LogP contribution in [-0.4, -0.2) is 86.3 Å². The summed E-state index contributed by atoms with van der Waals surface area (Å²) in [5.41, 5.74) is 1.26. The number of aliphatic hydroxyl groups excluding tert-OH is 1. The molecule has 4 aromatic carbocycles. The molecule has 272 valence electrons. The van der Waals surface area contributed by atoms with Crippen LogP contribution in [0, 0.1) is 5.92 Å². The summed E-state index contributed by atoms with van der Waals surface area (Å²) in [6.07, 6.45) is 1.46. The van der Waals surface area contributed by atoms with Crippen molar-refractivity contribution in [1.29, 1.82) is 0 Å². The van der Waals surface area contributed by atoms with Crippen LogP contribution in [-0.2, 0) is 14.8 Å². The summed E-state index contributed by atoms with van der Waals surface area (Å²) in [5.74, 6) is -0.353. The molecule has 11 nitrogen and oxygen atoms in total. The van der Waals surface area contributed by atoms with Gasteiger partial charge in [-0.3, -0.25) is 4.79 Å². The van der Waals surface area contributed by atoms with Crippen molar-refractivity contribution in [2.45, 2.75) is 63.2 Å². The third-order valence-corrected chi connectivity index (χ3v) is 11.1. The SMILES string of the molecule is C[C@@H]1CCCCO[C@@H](CN(C)S(=O)(=O)c2ccccc2)[C@@H](C)CN([C@@H](C)CO)C(=O)c2cc(NC(=O)Nc3cccc4ccccc34)ccc2O1. The number of benzene rings is 4. The molecule has 1 heterocycles. The second-order valence-corrected chi connectivity index (χ2v) is 15.3. The summed E-state index contributed by atoms with van der Waals surface area (Å²) in [6, 6.07) is 25.6. The van der Waals surface area contributed by atoms with Gasteiger partial charge in [-0.05, 0) is 74.9 Å². The largest absolute Gasteiger partial charge is 0.490 e. The van der Waals surface area contributed by atoms with Gasteiger partial charge in [0.2, 0.25) is 10.0 Å². The van der Waals surface area contributed by atoms with Gasteiger partial charge in [-0.15, -0.1) is 0 Å². The molecule has 0 aromatic heterocycles. The maximum atomic E-state index is 14.5. The van der Waals surface area contributed by atoms with E-state index in [1.165, 1.54) is 11.4 Å². The van der Waals surface area contributed by atoms with Gasteiger partial charge in [0.1, 0.15) is 5.75 Å². The second-order valence-electron chi connectivity index (χ2n) is 13.2. The van der Waals surface area contributed by atoms with E-state index >= 15 is 0 Å². The first-order valence-electron chi connectivity index (χ1n) is 17.4. The molecular weight excluding hydrogens is 669 g/mol. The van der Waals surface area contributed by atoms with E-state index in [4.69, 9.17) is 9.47 Å². The molecule has 0 saturated heterocycles. The average Bonchev–Trinajstić information content (AvgIpc) is 3.13. The minimum Gasteiger partial charge on any atom is -0.490 e. The molecule has 0 spiro atoms. The van der Waals surface area contributed by atoms with Crippen molar-refractivity contribution in [2.24, 2.45) is 5.92 Å². The Bertz CT molecular complexity index is 1900. The summed E-state index contributed by atoms with van der Waals surface area (Å²) < 4.78 is 40.8. The second kappa shape index (κ2) is 17.1. The molecular formula is C39H48N4O7S. The van der Waals surface area contributed by atoms with Crippen molar-refractivity contribution in [3.63, 3.8) is 0 Å². The van der Waals surface area contributed by atoms with Crippen molar-refractivity contribution in [1.82, 2.24) is 9.21 Å². The van der Waals surface area contributed by atoms with E-state index in [1.807, 2.05) is 56.3 Å². The number of carbonyl (C=O) groups excluding carboxylic acids is 2. The molecule has 1 aliphatic heterocycles. The zero-order valence-electron chi connectivity index (χ0n) is 29.6. The number of amides is 3. The lowest BCUT2D eigenvalue weighted by Crippen LogP contribution is -2.48. The van der Waals surface area contributed by atoms with Crippen LogP contribution < -0.4 is 15.4 Å². The van der Waals surface area contributed by atoms with Gasteiger partial charge in [-0.1, -0.05) is 61.5 Å². The van der Waals surface area contributed by atoms with Crippen molar-refractivity contribution in [3.8, 4) is 5.75 Å². The number of anilines is 2. The summed E-state index contributed by atoms with van der Waals surface area (Å²) >= 11 is 0. The van der Waals surface area contributed by atoms with Crippen molar-refractivity contribution >= 4 is 44.1 Å². The number of likely N-dealkylation sites (N-methyl/N-ethyl adjacent to an activating group) is 1. The monoisotopic (exact) mass is 716 g/mol. The maximum absolute atomic E-state index is 14.5. The molecule has 0 fully saturated rings. The molecule has 0 bridgehead atoms. The molecule has 5 rings (SSSR count). The Morgan fingerprint density at radius 2 is 1.71 bits per heavy atom. The Balaban J connectivity index is 1.42. The number of sulfonamides is 1. The summed E-state index contributed by atoms with van der Waals surface area (Å²) in [7, 11) is -2.25. The number of fused-ring (bicyclic) bond motifs is 2. The molecule has 3 amide bonds. The van der Waals surface area contributed by atoms with Crippen LogP contribution in [0.4, 0.5) is 16.2 Å². The lowest BCUT2D eigenvalue weighted by atomic mass is 10.0. The highest BCUT2D eigenvalue weighted by Crippen LogP contribution is 2.29. The van der Waals surface area contributed by atoms with Gasteiger partial charge in [0.15, 0.2) is 0 Å². The van der Waals surface area contributed by atoms with E-state index in [-0.39, 0.29) is 42.2 Å². The van der Waals surface area contributed by atoms with Gasteiger partial charge < -0.3 is 30.1 Å². The van der Waals surface area contributed by atoms with Gasteiger partial charge in [0.25, 0.3) is 5.91 Å². The standard InChI is InChI=1S/C39H48N4O7S/c1-27-24-43(28(2)26-44)38(45)34-23-31(40-39(46)41-35-19-12-15-30-14-8-9-18-33(30)35)20-21-36(34)50-29(3)13-10-11-22-49-37(27)25-42(4)51(47,48)32-16-6-5-7-17-32/h5-9,12,14-21,23,27-29,37,44H,10-11,13,22,24-26H2,1-4H3,(H2,40,41,46)/t27-,28-,29+,37-/m0/s1. The predicted octanol–water partition coefficient (Wildman–Crippen LogP) is 6.60. The van der Waals surface area contributed by atoms with Crippen molar-refractivity contribution in [3.05, 3.63) is 96.6 Å². The number of aliphatic hydroxyl groups is 1. The molecule has 12 heteroatoms. The van der Waals surface area contributed by atoms with Gasteiger partial charge in [-0.25, -0.2) is 13.2 Å². The highest BCUT2D eigenvalue weighted by Gasteiger charge is 2.32. The first-order chi connectivity index (χ1) is 24.5. The van der Waals surface area contributed by atoms with Gasteiger partial charge in [-0.2, -0.15) is 4.31 Å². The van der Waals surface area contributed by atoms with Crippen LogP contribution in [0.2, 0.25) is 0 Å². The quantitative estimate of drug-likeness (QED) is 0.187. The van der Waals surface area contributed by atoms with E-state index < -0.39 is 34.1 Å². The molecule has 1 aliphatic rings. The average molecular weight is 717 g/mol. The van der Waals surface area contributed by atoms with Gasteiger partial charge >= 0.3 is 6.03 Å². The van der Waals surface area contributed by atoms with E-state index in [9.17, 15) is 23.1 Å². The highest BCUT2D eigenvalue weighted by molar-refractivity contribution is 7.89. The van der Waals surface area contributed by atoms with Crippen LogP contribution in [0.15, 0.2) is 95.9 Å². The Morgan fingerprint density at radius 3 is 2.47 bits per heavy atom. The first kappa shape index (κ1) is 37.8. The van der Waals surface area contributed by atoms with E-state index in [2.05, 4.69) is 10.6 Å². The van der Waals surface area contributed by atoms with Gasteiger partial charge in [0.05, 0.1) is 41.0 Å². The molecule has 0 radical (unpaired) electrons. The zero-order chi connectivity index (χ0) is 36.5. The number of hydrogen-bond donors (Lipinski definition) is 3. The van der Waals surface area contributed by atoms with Crippen molar-refractivity contribution in [2.75, 3.05) is 44.0 Å². The van der Waals surface area contributed by atoms with Crippen LogP contribution in [0.5, 0.6) is 5.75 Å². The third kappa shape index (κ3) is 9.44. The first-order valence-corrected chi connectivity index (χ1v) is 18.8. The highest BCUT2D eigenvalue weighted by atomic mass is 32.2. The molecule has 0 aliphatic carbocycles. The number of ether oxygens (including phenoxy) is 2. The number of hydrogen-bond acceptors (Lipinski definition) is 7. The van der Waals surface area contributed by atoms with Gasteiger partial charge in [0, 0.05) is 43.7 Å². The number of rotatable bonds is 8. The third-order valence-electron chi connectivity index (χ3n) is 9.24. The minimum atomic E-state index is -3.78. The number of carbonyl (C=O) groups is 2. The number of nitrogens with zero attached hydrogens (tertiary/aromatic N) is 2. The Labute approximate surface area is 300 Å². The number of urea groups is 1. The topological polar surface area (TPSA) is 138 Å². The maximum Gasteiger partial charge on any atom is 0.323 e. The van der Waals surface area contributed by atoms with Crippen molar-refractivity contribution < 1.29 is 32.6 Å². The summed E-state index contributed by atoms with van der Waals surface area (Å²) in [6.45, 7) is 5.95. The van der Waals surface area contributed by atoms with Crippen LogP contribution >= 0.6 is 0 Å². The van der Waals surface area contributed by atoms with Crippen LogP contribution in [0.25, 0.3) is 10.8 Å². The van der Waals surface area contributed by atoms with E-state index in [0.717, 1.165) is 23.6 Å². The summed E-state index contributed by atoms with van der Waals surface area (Å²) in [5, 5.41) is 17.9. The predicted molar refractivity (Wildman–Crippen MR) is 200 cm³/mol. The van der Waals surface area contributed by atoms with Crippen LogP contribution in [0.1, 0.15) is 50.4 Å². The Morgan fingerprint density at radius 1 is 0.980 bits per heavy atom. The van der Waals surface area contributed by atoms with E-state index in [0.29, 0.717) is 30.2 Å². The fourth-order valence-electron chi connectivity index (χ4n) is 6.21. The lowest BCUT2D eigenvalue weighted by molar-refractivity contribution is -0.00833. The fourth-order valence-corrected chi connectivity index (χ4v) is 7.41.